The molecule has 0 spiro atoms. The summed E-state index contributed by atoms with van der Waals surface area (Å²) in [6, 6.07) is 17.3. The molecule has 2 heterocycles. The van der Waals surface area contributed by atoms with Gasteiger partial charge in [-0.05, 0) is 49.7 Å². The van der Waals surface area contributed by atoms with Crippen LogP contribution in [0.4, 0.5) is 4.39 Å². The number of para-hydroxylation sites is 1. The zero-order chi connectivity index (χ0) is 33.0. The van der Waals surface area contributed by atoms with E-state index >= 15 is 0 Å². The number of hydrogen-bond donors (Lipinski definition) is 1. The van der Waals surface area contributed by atoms with E-state index in [1.807, 2.05) is 0 Å². The summed E-state index contributed by atoms with van der Waals surface area (Å²) in [5.74, 6) is -2.22. The first-order valence-electron chi connectivity index (χ1n) is 14.6. The van der Waals surface area contributed by atoms with E-state index in [4.69, 9.17) is 13.8 Å². The molecule has 46 heavy (non-hydrogen) atoms. The number of phenolic OH excluding ortho intramolecular Hbond substituents is 1. The maximum absolute atomic E-state index is 14.1. The van der Waals surface area contributed by atoms with Crippen molar-refractivity contribution in [1.29, 1.82) is 0 Å². The molecule has 5 rings (SSSR count). The van der Waals surface area contributed by atoms with Gasteiger partial charge in [0.05, 0.1) is 23.9 Å². The Morgan fingerprint density at radius 1 is 1.11 bits per heavy atom. The fourth-order valence-corrected chi connectivity index (χ4v) is 7.00. The Morgan fingerprint density at radius 3 is 2.52 bits per heavy atom. The lowest BCUT2D eigenvalue weighted by Crippen LogP contribution is -2.32. The van der Waals surface area contributed by atoms with Gasteiger partial charge in [0, 0.05) is 43.8 Å². The van der Waals surface area contributed by atoms with Crippen LogP contribution >= 0.6 is 7.60 Å². The topological polar surface area (TPSA) is 136 Å². The number of amides is 2. The second-order valence-electron chi connectivity index (χ2n) is 10.7. The molecule has 0 fully saturated rings. The summed E-state index contributed by atoms with van der Waals surface area (Å²) in [4.78, 5) is 47.0. The highest BCUT2D eigenvalue weighted by Gasteiger charge is 2.38. The SMILES string of the molecule is CCOC(=O)[C@H](C)OP(=O)(CCN(C)C(=O)c1c2c(c(O)c3ncccc13)C(=O)N(Cc1ccc(F)cc1)C2)Oc1ccccc1. The summed E-state index contributed by atoms with van der Waals surface area (Å²) in [7, 11) is -2.53. The van der Waals surface area contributed by atoms with E-state index in [0.717, 1.165) is 0 Å². The van der Waals surface area contributed by atoms with E-state index in [1.54, 1.807) is 61.5 Å². The van der Waals surface area contributed by atoms with Gasteiger partial charge in [-0.1, -0.05) is 36.4 Å². The van der Waals surface area contributed by atoms with E-state index < -0.39 is 37.3 Å². The van der Waals surface area contributed by atoms with Gasteiger partial charge in [-0.15, -0.1) is 0 Å². The van der Waals surface area contributed by atoms with Gasteiger partial charge >= 0.3 is 13.6 Å². The summed E-state index contributed by atoms with van der Waals surface area (Å²) < 4.78 is 43.9. The minimum absolute atomic E-state index is 0.00856. The number of benzene rings is 3. The van der Waals surface area contributed by atoms with Crippen LogP contribution in [0, 0.1) is 5.82 Å². The fourth-order valence-electron chi connectivity index (χ4n) is 5.21. The van der Waals surface area contributed by atoms with E-state index in [-0.39, 0.29) is 60.5 Å². The molecule has 2 amide bonds. The first kappa shape index (κ1) is 32.6. The number of carbonyl (C=O) groups excluding carboxylic acids is 3. The van der Waals surface area contributed by atoms with Gasteiger partial charge in [-0.2, -0.15) is 0 Å². The summed E-state index contributed by atoms with van der Waals surface area (Å²) in [6.07, 6.45) is -0.0367. The predicted octanol–water partition coefficient (Wildman–Crippen LogP) is 5.55. The summed E-state index contributed by atoms with van der Waals surface area (Å²) >= 11 is 0. The molecular formula is C33H33FN3O8P. The smallest absolute Gasteiger partial charge is 0.381 e. The third-order valence-electron chi connectivity index (χ3n) is 7.47. The van der Waals surface area contributed by atoms with E-state index in [2.05, 4.69) is 4.98 Å². The van der Waals surface area contributed by atoms with E-state index in [0.29, 0.717) is 16.5 Å². The molecule has 1 aliphatic rings. The van der Waals surface area contributed by atoms with E-state index in [9.17, 15) is 28.4 Å². The highest BCUT2D eigenvalue weighted by atomic mass is 31.2. The van der Waals surface area contributed by atoms with Crippen molar-refractivity contribution in [2.45, 2.75) is 33.0 Å². The third kappa shape index (κ3) is 6.88. The van der Waals surface area contributed by atoms with Gasteiger partial charge in [-0.3, -0.25) is 19.1 Å². The van der Waals surface area contributed by atoms with Gasteiger partial charge in [-0.25, -0.2) is 13.8 Å². The highest BCUT2D eigenvalue weighted by molar-refractivity contribution is 7.54. The average Bonchev–Trinajstić information content (AvgIpc) is 3.36. The van der Waals surface area contributed by atoms with Crippen molar-refractivity contribution >= 4 is 36.3 Å². The number of aromatic hydroxyl groups is 1. The van der Waals surface area contributed by atoms with Crippen LogP contribution in [-0.2, 0) is 31.7 Å². The molecule has 1 N–H and O–H groups in total. The van der Waals surface area contributed by atoms with Gasteiger partial charge in [0.25, 0.3) is 11.8 Å². The second kappa shape index (κ2) is 13.7. The molecule has 4 aromatic rings. The van der Waals surface area contributed by atoms with Crippen LogP contribution in [0.15, 0.2) is 72.9 Å². The Morgan fingerprint density at radius 2 is 1.83 bits per heavy atom. The van der Waals surface area contributed by atoms with Crippen LogP contribution in [0.25, 0.3) is 10.9 Å². The standard InChI is InChI=1S/C33H33FN3O8P/c1-4-43-33(41)21(2)44-46(42,45-24-9-6-5-7-10-24)18-17-36(3)31(39)27-25-11-8-16-35-29(25)30(38)28-26(27)20-37(32(28)40)19-22-12-14-23(34)15-13-22/h5-16,21,38H,4,17-20H2,1-3H3/t21-,46?/m0/s1. The van der Waals surface area contributed by atoms with Crippen molar-refractivity contribution in [3.05, 3.63) is 101 Å². The lowest BCUT2D eigenvalue weighted by atomic mass is 9.95. The number of phenols is 1. The average molecular weight is 650 g/mol. The Labute approximate surface area is 265 Å². The van der Waals surface area contributed by atoms with Crippen LogP contribution in [-0.4, -0.2) is 70.1 Å². The third-order valence-corrected chi connectivity index (χ3v) is 9.35. The van der Waals surface area contributed by atoms with Crippen LogP contribution in [0.5, 0.6) is 11.5 Å². The molecule has 0 radical (unpaired) electrons. The van der Waals surface area contributed by atoms with Crippen LogP contribution < -0.4 is 4.52 Å². The minimum atomic E-state index is -4.03. The lowest BCUT2D eigenvalue weighted by molar-refractivity contribution is -0.150. The second-order valence-corrected chi connectivity index (χ2v) is 12.8. The van der Waals surface area contributed by atoms with Crippen molar-refractivity contribution in [3.8, 4) is 11.5 Å². The Balaban J connectivity index is 1.44. The lowest BCUT2D eigenvalue weighted by Gasteiger charge is -2.25. The number of ether oxygens (including phenoxy) is 1. The molecule has 1 aromatic heterocycles. The Kier molecular flexibility index (Phi) is 9.69. The molecule has 13 heteroatoms. The summed E-state index contributed by atoms with van der Waals surface area (Å²) in [6.45, 7) is 3.16. The number of nitrogens with zero attached hydrogens (tertiary/aromatic N) is 3. The molecule has 0 saturated carbocycles. The number of hydrogen-bond acceptors (Lipinski definition) is 9. The van der Waals surface area contributed by atoms with Crippen molar-refractivity contribution in [1.82, 2.24) is 14.8 Å². The number of esters is 1. The number of aromatic nitrogens is 1. The van der Waals surface area contributed by atoms with Crippen molar-refractivity contribution in [2.75, 3.05) is 26.4 Å². The highest BCUT2D eigenvalue weighted by Crippen LogP contribution is 2.49. The number of halogens is 1. The van der Waals surface area contributed by atoms with E-state index in [1.165, 1.54) is 42.1 Å². The minimum Gasteiger partial charge on any atom is -0.505 e. The Bertz CT molecular complexity index is 1820. The maximum Gasteiger partial charge on any atom is 0.381 e. The van der Waals surface area contributed by atoms with Gasteiger partial charge in [0.15, 0.2) is 11.9 Å². The Hall–Kier alpha value is -4.80. The van der Waals surface area contributed by atoms with Crippen LogP contribution in [0.2, 0.25) is 0 Å². The fraction of sp³-hybridized carbons (Fsp3) is 0.273. The summed E-state index contributed by atoms with van der Waals surface area (Å²) in [5.41, 5.74) is 1.20. The maximum atomic E-state index is 14.1. The first-order chi connectivity index (χ1) is 22.0. The molecule has 1 unspecified atom stereocenters. The van der Waals surface area contributed by atoms with Crippen LogP contribution in [0.3, 0.4) is 0 Å². The molecule has 0 saturated heterocycles. The molecule has 11 nitrogen and oxygen atoms in total. The van der Waals surface area contributed by atoms with Gasteiger partial charge in [0.1, 0.15) is 17.1 Å². The largest absolute Gasteiger partial charge is 0.505 e. The molecule has 1 aliphatic heterocycles. The zero-order valence-corrected chi connectivity index (χ0v) is 26.4. The summed E-state index contributed by atoms with van der Waals surface area (Å²) in [5, 5.41) is 11.5. The normalized spacial score (nSPS) is 14.4. The van der Waals surface area contributed by atoms with Crippen molar-refractivity contribution < 1.29 is 42.2 Å². The monoisotopic (exact) mass is 649 g/mol. The molecule has 240 valence electrons. The molecular weight excluding hydrogens is 616 g/mol. The van der Waals surface area contributed by atoms with Gasteiger partial charge in [0.2, 0.25) is 0 Å². The number of pyridine rings is 1. The quantitative estimate of drug-likeness (QED) is 0.155. The number of fused-ring (bicyclic) bond motifs is 2. The number of rotatable bonds is 12. The predicted molar refractivity (Wildman–Crippen MR) is 167 cm³/mol. The molecule has 3 aromatic carbocycles. The first-order valence-corrected chi connectivity index (χ1v) is 16.3. The van der Waals surface area contributed by atoms with Gasteiger partial charge < -0.3 is 24.2 Å². The molecule has 0 aliphatic carbocycles. The van der Waals surface area contributed by atoms with Crippen molar-refractivity contribution in [3.63, 3.8) is 0 Å². The van der Waals surface area contributed by atoms with Crippen molar-refractivity contribution in [2.24, 2.45) is 0 Å². The molecule has 2 atom stereocenters. The number of carbonyl (C=O) groups is 3. The zero-order valence-electron chi connectivity index (χ0n) is 25.5. The van der Waals surface area contributed by atoms with Crippen LogP contribution in [0.1, 0.15) is 45.7 Å². The molecule has 0 bridgehead atoms.